The molecular formula is C18H26N2O2. The number of nitrogens with zero attached hydrogens (tertiary/aromatic N) is 1. The lowest BCUT2D eigenvalue weighted by Gasteiger charge is -2.35. The maximum absolute atomic E-state index is 12.1. The fourth-order valence-corrected chi connectivity index (χ4v) is 3.48. The molecule has 0 aromatic heterocycles. The molecule has 1 saturated heterocycles. The van der Waals surface area contributed by atoms with Gasteiger partial charge in [-0.25, -0.2) is 0 Å². The van der Waals surface area contributed by atoms with Crippen molar-refractivity contribution < 1.29 is 9.53 Å². The lowest BCUT2D eigenvalue weighted by Crippen LogP contribution is -2.47. The van der Waals surface area contributed by atoms with Crippen molar-refractivity contribution in [2.24, 2.45) is 0 Å². The number of hydrogen-bond donors (Lipinski definition) is 1. The van der Waals surface area contributed by atoms with Gasteiger partial charge in [-0.15, -0.1) is 0 Å². The SMILES string of the molecule is CC[C@@H](CNC(=O)[C@H]1CCCO1)N1CCc2ccccc2C1. The molecule has 2 aliphatic heterocycles. The molecule has 22 heavy (non-hydrogen) atoms. The van der Waals surface area contributed by atoms with Crippen molar-refractivity contribution >= 4 is 5.91 Å². The molecule has 0 saturated carbocycles. The molecule has 0 spiro atoms. The van der Waals surface area contributed by atoms with Gasteiger partial charge in [0.25, 0.3) is 0 Å². The van der Waals surface area contributed by atoms with E-state index in [-0.39, 0.29) is 12.0 Å². The summed E-state index contributed by atoms with van der Waals surface area (Å²) in [7, 11) is 0. The molecule has 0 radical (unpaired) electrons. The zero-order valence-corrected chi connectivity index (χ0v) is 13.4. The highest BCUT2D eigenvalue weighted by Gasteiger charge is 2.26. The number of ether oxygens (including phenoxy) is 1. The predicted molar refractivity (Wildman–Crippen MR) is 86.6 cm³/mol. The van der Waals surface area contributed by atoms with Gasteiger partial charge in [0.05, 0.1) is 0 Å². The third-order valence-corrected chi connectivity index (χ3v) is 4.88. The summed E-state index contributed by atoms with van der Waals surface area (Å²) in [5.74, 6) is 0.0633. The van der Waals surface area contributed by atoms with Gasteiger partial charge in [-0.3, -0.25) is 9.69 Å². The second kappa shape index (κ2) is 7.25. The van der Waals surface area contributed by atoms with E-state index in [1.54, 1.807) is 0 Å². The summed E-state index contributed by atoms with van der Waals surface area (Å²) in [6, 6.07) is 9.08. The van der Waals surface area contributed by atoms with Gasteiger partial charge >= 0.3 is 0 Å². The molecule has 0 unspecified atom stereocenters. The summed E-state index contributed by atoms with van der Waals surface area (Å²) >= 11 is 0. The van der Waals surface area contributed by atoms with Crippen LogP contribution < -0.4 is 5.32 Å². The summed E-state index contributed by atoms with van der Waals surface area (Å²) in [6.45, 7) is 5.70. The molecule has 1 aromatic rings. The van der Waals surface area contributed by atoms with Crippen LogP contribution in [0.3, 0.4) is 0 Å². The van der Waals surface area contributed by atoms with Crippen LogP contribution in [0.5, 0.6) is 0 Å². The molecule has 0 bridgehead atoms. The van der Waals surface area contributed by atoms with Crippen LogP contribution >= 0.6 is 0 Å². The molecule has 2 aliphatic rings. The molecular weight excluding hydrogens is 276 g/mol. The Hall–Kier alpha value is -1.39. The minimum absolute atomic E-state index is 0.0633. The summed E-state index contributed by atoms with van der Waals surface area (Å²) in [5.41, 5.74) is 2.90. The van der Waals surface area contributed by atoms with E-state index >= 15 is 0 Å². The molecule has 2 heterocycles. The summed E-state index contributed by atoms with van der Waals surface area (Å²) < 4.78 is 5.45. The first-order valence-corrected chi connectivity index (χ1v) is 8.48. The van der Waals surface area contributed by atoms with E-state index in [0.29, 0.717) is 6.04 Å². The predicted octanol–water partition coefficient (Wildman–Crippen LogP) is 2.12. The van der Waals surface area contributed by atoms with Gasteiger partial charge in [-0.1, -0.05) is 31.2 Å². The fourth-order valence-electron chi connectivity index (χ4n) is 3.48. The van der Waals surface area contributed by atoms with E-state index in [0.717, 1.165) is 51.9 Å². The lowest BCUT2D eigenvalue weighted by atomic mass is 9.98. The van der Waals surface area contributed by atoms with Gasteiger partial charge in [0.2, 0.25) is 5.91 Å². The summed E-state index contributed by atoms with van der Waals surface area (Å²) in [4.78, 5) is 14.6. The van der Waals surface area contributed by atoms with Gasteiger partial charge in [0.15, 0.2) is 0 Å². The Bertz CT molecular complexity index is 512. The lowest BCUT2D eigenvalue weighted by molar-refractivity contribution is -0.130. The molecule has 2 atom stereocenters. The standard InChI is InChI=1S/C18H26N2O2/c1-2-16(12-19-18(21)17-8-5-11-22-17)20-10-9-14-6-3-4-7-15(14)13-20/h3-4,6-7,16-17H,2,5,8-13H2,1H3,(H,19,21)/t16-,17+/m0/s1. The summed E-state index contributed by atoms with van der Waals surface area (Å²) in [5, 5.41) is 3.09. The maximum atomic E-state index is 12.1. The van der Waals surface area contributed by atoms with Crippen molar-refractivity contribution in [3.05, 3.63) is 35.4 Å². The highest BCUT2D eigenvalue weighted by molar-refractivity contribution is 5.80. The first kappa shape index (κ1) is 15.5. The average Bonchev–Trinajstić information content (AvgIpc) is 3.09. The minimum Gasteiger partial charge on any atom is -0.368 e. The van der Waals surface area contributed by atoms with Crippen LogP contribution in [0.1, 0.15) is 37.3 Å². The Morgan fingerprint density at radius 1 is 1.41 bits per heavy atom. The minimum atomic E-state index is -0.223. The van der Waals surface area contributed by atoms with E-state index in [4.69, 9.17) is 4.74 Å². The maximum Gasteiger partial charge on any atom is 0.249 e. The van der Waals surface area contributed by atoms with Crippen molar-refractivity contribution in [2.45, 2.75) is 51.3 Å². The zero-order chi connectivity index (χ0) is 15.4. The largest absolute Gasteiger partial charge is 0.368 e. The topological polar surface area (TPSA) is 41.6 Å². The fraction of sp³-hybridized carbons (Fsp3) is 0.611. The monoisotopic (exact) mass is 302 g/mol. The van der Waals surface area contributed by atoms with Crippen LogP contribution in [0, 0.1) is 0 Å². The van der Waals surface area contributed by atoms with E-state index in [1.165, 1.54) is 11.1 Å². The molecule has 1 N–H and O–H groups in total. The highest BCUT2D eigenvalue weighted by Crippen LogP contribution is 2.21. The Labute approximate surface area is 132 Å². The molecule has 1 fully saturated rings. The van der Waals surface area contributed by atoms with Crippen LogP contribution in [-0.2, 0) is 22.5 Å². The van der Waals surface area contributed by atoms with Crippen molar-refractivity contribution in [3.8, 4) is 0 Å². The van der Waals surface area contributed by atoms with Crippen molar-refractivity contribution in [2.75, 3.05) is 19.7 Å². The van der Waals surface area contributed by atoms with Gasteiger partial charge in [0.1, 0.15) is 6.10 Å². The molecule has 120 valence electrons. The number of rotatable bonds is 5. The van der Waals surface area contributed by atoms with Gasteiger partial charge in [-0.2, -0.15) is 0 Å². The van der Waals surface area contributed by atoms with Crippen LogP contribution in [0.4, 0.5) is 0 Å². The normalized spacial score (nSPS) is 23.0. The second-order valence-corrected chi connectivity index (χ2v) is 6.30. The number of amides is 1. The first-order chi connectivity index (χ1) is 10.8. The number of carbonyl (C=O) groups excluding carboxylic acids is 1. The second-order valence-electron chi connectivity index (χ2n) is 6.30. The molecule has 0 aliphatic carbocycles. The summed E-state index contributed by atoms with van der Waals surface area (Å²) in [6.07, 6.45) is 3.79. The number of benzene rings is 1. The highest BCUT2D eigenvalue weighted by atomic mass is 16.5. The number of hydrogen-bond acceptors (Lipinski definition) is 3. The van der Waals surface area contributed by atoms with Crippen molar-refractivity contribution in [1.29, 1.82) is 0 Å². The van der Waals surface area contributed by atoms with Gasteiger partial charge in [-0.05, 0) is 36.8 Å². The molecule has 1 aromatic carbocycles. The van der Waals surface area contributed by atoms with Gasteiger partial charge < -0.3 is 10.1 Å². The molecule has 4 nitrogen and oxygen atoms in total. The van der Waals surface area contributed by atoms with Crippen molar-refractivity contribution in [1.82, 2.24) is 10.2 Å². The third-order valence-electron chi connectivity index (χ3n) is 4.88. The van der Waals surface area contributed by atoms with Crippen LogP contribution in [0.2, 0.25) is 0 Å². The Balaban J connectivity index is 1.54. The molecule has 1 amide bonds. The molecule has 4 heteroatoms. The van der Waals surface area contributed by atoms with E-state index in [1.807, 2.05) is 0 Å². The van der Waals surface area contributed by atoms with E-state index in [2.05, 4.69) is 41.4 Å². The first-order valence-electron chi connectivity index (χ1n) is 8.48. The molecule has 3 rings (SSSR count). The van der Waals surface area contributed by atoms with Crippen LogP contribution in [0.15, 0.2) is 24.3 Å². The zero-order valence-electron chi connectivity index (χ0n) is 13.4. The van der Waals surface area contributed by atoms with E-state index < -0.39 is 0 Å². The number of carbonyl (C=O) groups is 1. The number of fused-ring (bicyclic) bond motifs is 1. The van der Waals surface area contributed by atoms with Crippen molar-refractivity contribution in [3.63, 3.8) is 0 Å². The Morgan fingerprint density at radius 3 is 2.95 bits per heavy atom. The Kier molecular flexibility index (Phi) is 5.11. The quantitative estimate of drug-likeness (QED) is 0.906. The Morgan fingerprint density at radius 2 is 2.23 bits per heavy atom. The number of nitrogens with one attached hydrogen (secondary N) is 1. The smallest absolute Gasteiger partial charge is 0.249 e. The average molecular weight is 302 g/mol. The van der Waals surface area contributed by atoms with E-state index in [9.17, 15) is 4.79 Å². The third kappa shape index (κ3) is 3.50. The van der Waals surface area contributed by atoms with Crippen LogP contribution in [0.25, 0.3) is 0 Å². The van der Waals surface area contributed by atoms with Gasteiger partial charge in [0, 0.05) is 32.3 Å². The van der Waals surface area contributed by atoms with Crippen LogP contribution in [-0.4, -0.2) is 42.6 Å².